The second kappa shape index (κ2) is 8.26. The standard InChI is InChI=1S/C10H15NO6/c1-16-9(12)6-4-3-5-8(11(14)15)7-10(13)17-2/h7H,3-6H2,1-2H3/b8-7+. The summed E-state index contributed by atoms with van der Waals surface area (Å²) in [6.07, 6.45) is 2.06. The number of unbranched alkanes of at least 4 members (excludes halogenated alkanes) is 1. The highest BCUT2D eigenvalue weighted by Gasteiger charge is 2.13. The van der Waals surface area contributed by atoms with Crippen molar-refractivity contribution in [3.8, 4) is 0 Å². The molecule has 0 aromatic rings. The number of rotatable bonds is 7. The van der Waals surface area contributed by atoms with Crippen LogP contribution in [-0.2, 0) is 19.1 Å². The predicted molar refractivity (Wildman–Crippen MR) is 57.6 cm³/mol. The molecule has 0 N–H and O–H groups in total. The van der Waals surface area contributed by atoms with E-state index >= 15 is 0 Å². The maximum absolute atomic E-state index is 10.8. The first-order valence-corrected chi connectivity index (χ1v) is 5.01. The van der Waals surface area contributed by atoms with Crippen molar-refractivity contribution in [1.82, 2.24) is 0 Å². The van der Waals surface area contributed by atoms with Gasteiger partial charge in [-0.05, 0) is 12.8 Å². The van der Waals surface area contributed by atoms with Crippen molar-refractivity contribution in [2.75, 3.05) is 14.2 Å². The summed E-state index contributed by atoms with van der Waals surface area (Å²) in [6.45, 7) is 0. The number of nitrogens with zero attached hydrogens (tertiary/aromatic N) is 1. The van der Waals surface area contributed by atoms with Gasteiger partial charge in [0.2, 0.25) is 0 Å². The topological polar surface area (TPSA) is 95.7 Å². The second-order valence-corrected chi connectivity index (χ2v) is 3.20. The third-order valence-corrected chi connectivity index (χ3v) is 2.01. The van der Waals surface area contributed by atoms with Gasteiger partial charge >= 0.3 is 11.9 Å². The molecule has 7 nitrogen and oxygen atoms in total. The zero-order chi connectivity index (χ0) is 13.3. The molecule has 0 radical (unpaired) electrons. The lowest BCUT2D eigenvalue weighted by atomic mass is 10.1. The molecule has 0 heterocycles. The Balaban J connectivity index is 4.12. The fourth-order valence-corrected chi connectivity index (χ4v) is 1.09. The number of ether oxygens (including phenoxy) is 2. The van der Waals surface area contributed by atoms with Crippen LogP contribution in [-0.4, -0.2) is 31.1 Å². The van der Waals surface area contributed by atoms with Gasteiger partial charge in [-0.3, -0.25) is 14.9 Å². The molecule has 7 heteroatoms. The SMILES string of the molecule is COC(=O)/C=C(\CCCCC(=O)OC)[N+](=O)[O-]. The quantitative estimate of drug-likeness (QED) is 0.219. The van der Waals surface area contributed by atoms with Gasteiger partial charge in [-0.1, -0.05) is 0 Å². The molecule has 0 saturated carbocycles. The minimum Gasteiger partial charge on any atom is -0.469 e. The first-order valence-electron chi connectivity index (χ1n) is 5.01. The monoisotopic (exact) mass is 245 g/mol. The lowest BCUT2D eigenvalue weighted by Crippen LogP contribution is -2.05. The number of hydrogen-bond acceptors (Lipinski definition) is 6. The zero-order valence-corrected chi connectivity index (χ0v) is 9.80. The third-order valence-electron chi connectivity index (χ3n) is 2.01. The Labute approximate surface area is 98.5 Å². The van der Waals surface area contributed by atoms with E-state index in [1.54, 1.807) is 0 Å². The molecule has 17 heavy (non-hydrogen) atoms. The summed E-state index contributed by atoms with van der Waals surface area (Å²) in [5.74, 6) is -1.12. The number of esters is 2. The van der Waals surface area contributed by atoms with Crippen LogP contribution in [0.4, 0.5) is 0 Å². The molecule has 0 aliphatic carbocycles. The van der Waals surface area contributed by atoms with Crippen molar-refractivity contribution in [1.29, 1.82) is 0 Å². The molecule has 0 aromatic heterocycles. The molecule has 0 rings (SSSR count). The molecule has 0 atom stereocenters. The Morgan fingerprint density at radius 1 is 1.18 bits per heavy atom. The van der Waals surface area contributed by atoms with Gasteiger partial charge in [0.25, 0.3) is 5.70 Å². The number of hydrogen-bond donors (Lipinski definition) is 0. The van der Waals surface area contributed by atoms with E-state index in [9.17, 15) is 19.7 Å². The van der Waals surface area contributed by atoms with Crippen LogP contribution in [0.5, 0.6) is 0 Å². The fourth-order valence-electron chi connectivity index (χ4n) is 1.09. The van der Waals surface area contributed by atoms with E-state index in [2.05, 4.69) is 9.47 Å². The summed E-state index contributed by atoms with van der Waals surface area (Å²) in [5, 5.41) is 10.6. The Bertz CT molecular complexity index is 323. The minimum absolute atomic E-state index is 0.110. The second-order valence-electron chi connectivity index (χ2n) is 3.20. The summed E-state index contributed by atoms with van der Waals surface area (Å²) >= 11 is 0. The molecule has 0 unspecified atom stereocenters. The van der Waals surface area contributed by atoms with Crippen LogP contribution in [0, 0.1) is 10.1 Å². The Morgan fingerprint density at radius 2 is 1.76 bits per heavy atom. The first-order chi connectivity index (χ1) is 8.01. The molecule has 0 aromatic carbocycles. The molecule has 0 spiro atoms. The maximum atomic E-state index is 10.8. The molecule has 96 valence electrons. The summed E-state index contributed by atoms with van der Waals surface area (Å²) in [5.41, 5.74) is -0.221. The van der Waals surface area contributed by atoms with E-state index in [1.165, 1.54) is 7.11 Å². The molecule has 0 amide bonds. The van der Waals surface area contributed by atoms with Crippen LogP contribution in [0.2, 0.25) is 0 Å². The normalized spacial score (nSPS) is 10.8. The van der Waals surface area contributed by atoms with E-state index in [1.807, 2.05) is 0 Å². The van der Waals surface area contributed by atoms with Crippen molar-refractivity contribution < 1.29 is 24.0 Å². The zero-order valence-electron chi connectivity index (χ0n) is 9.80. The average molecular weight is 245 g/mol. The van der Waals surface area contributed by atoms with Gasteiger partial charge in [0.15, 0.2) is 0 Å². The fraction of sp³-hybridized carbons (Fsp3) is 0.600. The molecule has 0 bridgehead atoms. The predicted octanol–water partition coefficient (Wildman–Crippen LogP) is 1.05. The molecule has 0 aliphatic rings. The van der Waals surface area contributed by atoms with Crippen molar-refractivity contribution in [3.63, 3.8) is 0 Å². The van der Waals surface area contributed by atoms with Gasteiger partial charge < -0.3 is 9.47 Å². The van der Waals surface area contributed by atoms with Gasteiger partial charge in [-0.2, -0.15) is 0 Å². The van der Waals surface area contributed by atoms with Crippen LogP contribution in [0.25, 0.3) is 0 Å². The third kappa shape index (κ3) is 7.04. The lowest BCUT2D eigenvalue weighted by Gasteiger charge is -1.99. The van der Waals surface area contributed by atoms with Crippen LogP contribution < -0.4 is 0 Å². The van der Waals surface area contributed by atoms with Crippen molar-refractivity contribution in [2.45, 2.75) is 25.7 Å². The van der Waals surface area contributed by atoms with E-state index in [0.29, 0.717) is 12.8 Å². The van der Waals surface area contributed by atoms with Crippen molar-refractivity contribution in [3.05, 3.63) is 21.9 Å². The summed E-state index contributed by atoms with van der Waals surface area (Å²) < 4.78 is 8.72. The number of nitro groups is 1. The Morgan fingerprint density at radius 3 is 2.24 bits per heavy atom. The maximum Gasteiger partial charge on any atom is 0.337 e. The smallest absolute Gasteiger partial charge is 0.337 e. The van der Waals surface area contributed by atoms with Gasteiger partial charge in [0, 0.05) is 12.8 Å². The van der Waals surface area contributed by atoms with E-state index in [4.69, 9.17) is 0 Å². The van der Waals surface area contributed by atoms with Crippen LogP contribution in [0.1, 0.15) is 25.7 Å². The molecule has 0 aliphatic heterocycles. The number of carbonyl (C=O) groups excluding carboxylic acids is 2. The molecule has 0 fully saturated rings. The molecule has 0 saturated heterocycles. The highest BCUT2D eigenvalue weighted by Crippen LogP contribution is 2.10. The highest BCUT2D eigenvalue weighted by molar-refractivity contribution is 5.82. The Kier molecular flexibility index (Phi) is 7.32. The number of methoxy groups -OCH3 is 2. The first kappa shape index (κ1) is 15.1. The van der Waals surface area contributed by atoms with Crippen molar-refractivity contribution >= 4 is 11.9 Å². The van der Waals surface area contributed by atoms with Crippen molar-refractivity contribution in [2.24, 2.45) is 0 Å². The van der Waals surface area contributed by atoms with E-state index in [-0.39, 0.29) is 24.5 Å². The largest absolute Gasteiger partial charge is 0.469 e. The van der Waals surface area contributed by atoms with Crippen LogP contribution >= 0.6 is 0 Å². The van der Waals surface area contributed by atoms with Gasteiger partial charge in [-0.25, -0.2) is 4.79 Å². The Hall–Kier alpha value is -1.92. The van der Waals surface area contributed by atoms with Crippen LogP contribution in [0.3, 0.4) is 0 Å². The average Bonchev–Trinajstić information content (AvgIpc) is 2.31. The van der Waals surface area contributed by atoms with Gasteiger partial charge in [0.05, 0.1) is 25.2 Å². The highest BCUT2D eigenvalue weighted by atomic mass is 16.6. The van der Waals surface area contributed by atoms with Gasteiger partial charge in [0.1, 0.15) is 0 Å². The van der Waals surface area contributed by atoms with Crippen LogP contribution in [0.15, 0.2) is 11.8 Å². The number of carbonyl (C=O) groups is 2. The summed E-state index contributed by atoms with van der Waals surface area (Å²) in [7, 11) is 2.43. The van der Waals surface area contributed by atoms with E-state index < -0.39 is 10.9 Å². The molecular formula is C10H15NO6. The minimum atomic E-state index is -0.760. The van der Waals surface area contributed by atoms with E-state index in [0.717, 1.165) is 13.2 Å². The summed E-state index contributed by atoms with van der Waals surface area (Å²) in [4.78, 5) is 31.5. The summed E-state index contributed by atoms with van der Waals surface area (Å²) in [6, 6.07) is 0. The van der Waals surface area contributed by atoms with Gasteiger partial charge in [-0.15, -0.1) is 0 Å². The molecular weight excluding hydrogens is 230 g/mol. The lowest BCUT2D eigenvalue weighted by molar-refractivity contribution is -0.428. The number of allylic oxidation sites excluding steroid dienone is 1.